The lowest BCUT2D eigenvalue weighted by atomic mass is 10.3. The van der Waals surface area contributed by atoms with Gasteiger partial charge in [-0.1, -0.05) is 32.7 Å². The number of hydrogen-bond acceptors (Lipinski definition) is 4. The van der Waals surface area contributed by atoms with E-state index >= 15 is 0 Å². The van der Waals surface area contributed by atoms with E-state index in [0.29, 0.717) is 30.5 Å². The molecule has 0 unspecified atom stereocenters. The van der Waals surface area contributed by atoms with Crippen molar-refractivity contribution in [1.82, 2.24) is 15.0 Å². The molecule has 0 atom stereocenters. The van der Waals surface area contributed by atoms with Gasteiger partial charge in [-0.25, -0.2) is 4.68 Å². The fraction of sp³-hybridized carbons (Fsp3) is 0.273. The number of aromatic nitrogens is 3. The van der Waals surface area contributed by atoms with E-state index in [0.717, 1.165) is 10.2 Å². The second-order valence-corrected chi connectivity index (χ2v) is 4.92. The lowest BCUT2D eigenvalue weighted by Gasteiger charge is -2.08. The van der Waals surface area contributed by atoms with Gasteiger partial charge in [0.05, 0.1) is 17.3 Å². The molecule has 2 N–H and O–H groups in total. The summed E-state index contributed by atoms with van der Waals surface area (Å²) in [6.45, 7) is 1.44. The van der Waals surface area contributed by atoms with Gasteiger partial charge in [0.25, 0.3) is 0 Å². The van der Waals surface area contributed by atoms with Crippen molar-refractivity contribution in [3.63, 3.8) is 0 Å². The van der Waals surface area contributed by atoms with E-state index < -0.39 is 0 Å². The number of hydrogen-bond donors (Lipinski definition) is 1. The molecule has 0 amide bonds. The van der Waals surface area contributed by atoms with Crippen LogP contribution in [-0.2, 0) is 13.1 Å². The van der Waals surface area contributed by atoms with Gasteiger partial charge in [0.15, 0.2) is 0 Å². The largest absolute Gasteiger partial charge is 0.490 e. The molecule has 96 valence electrons. The summed E-state index contributed by atoms with van der Waals surface area (Å²) in [5, 5.41) is 8.40. The Morgan fingerprint density at radius 3 is 3.00 bits per heavy atom. The molecule has 1 heterocycles. The molecule has 0 spiro atoms. The van der Waals surface area contributed by atoms with Gasteiger partial charge in [0.2, 0.25) is 0 Å². The Kier molecular flexibility index (Phi) is 4.57. The van der Waals surface area contributed by atoms with Crippen LogP contribution in [0.1, 0.15) is 5.69 Å². The molecule has 2 rings (SSSR count). The summed E-state index contributed by atoms with van der Waals surface area (Å²) >= 11 is 9.37. The van der Waals surface area contributed by atoms with Crippen molar-refractivity contribution >= 4 is 27.5 Å². The first-order valence-corrected chi connectivity index (χ1v) is 6.53. The minimum atomic E-state index is 0.387. The molecule has 0 radical (unpaired) electrons. The molecule has 0 aliphatic heterocycles. The smallest absolute Gasteiger partial charge is 0.139 e. The third-order valence-electron chi connectivity index (χ3n) is 2.27. The number of nitrogens with two attached hydrogens (primary N) is 1. The van der Waals surface area contributed by atoms with Crippen LogP contribution in [-0.4, -0.2) is 21.6 Å². The third kappa shape index (κ3) is 3.44. The Balaban J connectivity index is 1.90. The standard InChI is InChI=1S/C11H12BrClN4O/c12-8-1-2-10(13)11(5-8)18-4-3-17-7-9(6-14)15-16-17/h1-2,5,7H,3-4,6,14H2. The van der Waals surface area contributed by atoms with Crippen LogP contribution in [0, 0.1) is 0 Å². The van der Waals surface area contributed by atoms with Crippen LogP contribution < -0.4 is 10.5 Å². The number of rotatable bonds is 5. The highest BCUT2D eigenvalue weighted by atomic mass is 79.9. The molecule has 18 heavy (non-hydrogen) atoms. The Morgan fingerprint density at radius 2 is 2.28 bits per heavy atom. The normalized spacial score (nSPS) is 10.6. The molecule has 1 aromatic carbocycles. The first-order valence-electron chi connectivity index (χ1n) is 5.36. The molecular weight excluding hydrogens is 320 g/mol. The average Bonchev–Trinajstić information content (AvgIpc) is 2.81. The van der Waals surface area contributed by atoms with Gasteiger partial charge in [-0.3, -0.25) is 0 Å². The van der Waals surface area contributed by atoms with E-state index in [4.69, 9.17) is 22.1 Å². The average molecular weight is 332 g/mol. The van der Waals surface area contributed by atoms with Crippen LogP contribution in [0.2, 0.25) is 5.02 Å². The van der Waals surface area contributed by atoms with Gasteiger partial charge < -0.3 is 10.5 Å². The fourth-order valence-electron chi connectivity index (χ4n) is 1.38. The highest BCUT2D eigenvalue weighted by Gasteiger charge is 2.03. The molecule has 2 aromatic rings. The second kappa shape index (κ2) is 6.17. The van der Waals surface area contributed by atoms with Gasteiger partial charge in [0.1, 0.15) is 12.4 Å². The summed E-state index contributed by atoms with van der Waals surface area (Å²) in [4.78, 5) is 0. The fourth-order valence-corrected chi connectivity index (χ4v) is 1.89. The molecule has 0 bridgehead atoms. The van der Waals surface area contributed by atoms with Crippen molar-refractivity contribution in [2.24, 2.45) is 5.73 Å². The number of benzene rings is 1. The van der Waals surface area contributed by atoms with Gasteiger partial charge in [-0.15, -0.1) is 5.10 Å². The Labute approximate surface area is 118 Å². The van der Waals surface area contributed by atoms with E-state index in [1.54, 1.807) is 16.9 Å². The summed E-state index contributed by atoms with van der Waals surface area (Å²) in [5.41, 5.74) is 6.21. The van der Waals surface area contributed by atoms with Crippen LogP contribution in [0.3, 0.4) is 0 Å². The van der Waals surface area contributed by atoms with E-state index in [1.165, 1.54) is 0 Å². The Morgan fingerprint density at radius 1 is 1.44 bits per heavy atom. The first-order chi connectivity index (χ1) is 8.69. The Hall–Kier alpha value is -1.11. The predicted molar refractivity (Wildman–Crippen MR) is 72.6 cm³/mol. The quantitative estimate of drug-likeness (QED) is 0.912. The van der Waals surface area contributed by atoms with E-state index in [1.807, 2.05) is 12.1 Å². The van der Waals surface area contributed by atoms with Crippen molar-refractivity contribution in [2.75, 3.05) is 6.61 Å². The summed E-state index contributed by atoms with van der Waals surface area (Å²) < 4.78 is 8.20. The number of ether oxygens (including phenoxy) is 1. The van der Waals surface area contributed by atoms with Crippen molar-refractivity contribution in [1.29, 1.82) is 0 Å². The highest BCUT2D eigenvalue weighted by molar-refractivity contribution is 9.10. The van der Waals surface area contributed by atoms with Crippen LogP contribution in [0.5, 0.6) is 5.75 Å². The molecule has 0 saturated heterocycles. The molecule has 5 nitrogen and oxygen atoms in total. The summed E-state index contributed by atoms with van der Waals surface area (Å²) in [7, 11) is 0. The van der Waals surface area contributed by atoms with Crippen LogP contribution >= 0.6 is 27.5 Å². The zero-order chi connectivity index (χ0) is 13.0. The molecule has 0 fully saturated rings. The van der Waals surface area contributed by atoms with E-state index in [9.17, 15) is 0 Å². The Bertz CT molecular complexity index is 532. The van der Waals surface area contributed by atoms with Gasteiger partial charge in [-0.05, 0) is 18.2 Å². The van der Waals surface area contributed by atoms with E-state index in [-0.39, 0.29) is 0 Å². The summed E-state index contributed by atoms with van der Waals surface area (Å²) in [6, 6.07) is 5.47. The topological polar surface area (TPSA) is 66.0 Å². The summed E-state index contributed by atoms with van der Waals surface area (Å²) in [5.74, 6) is 0.644. The summed E-state index contributed by atoms with van der Waals surface area (Å²) in [6.07, 6.45) is 1.80. The van der Waals surface area contributed by atoms with Gasteiger partial charge in [0, 0.05) is 17.2 Å². The number of nitrogens with zero attached hydrogens (tertiary/aromatic N) is 3. The second-order valence-electron chi connectivity index (χ2n) is 3.60. The van der Waals surface area contributed by atoms with Crippen molar-refractivity contribution < 1.29 is 4.74 Å². The molecule has 7 heteroatoms. The molecule has 1 aromatic heterocycles. The maximum Gasteiger partial charge on any atom is 0.139 e. The number of halogens is 2. The molecule has 0 saturated carbocycles. The lowest BCUT2D eigenvalue weighted by Crippen LogP contribution is -2.09. The van der Waals surface area contributed by atoms with Crippen LogP contribution in [0.4, 0.5) is 0 Å². The van der Waals surface area contributed by atoms with Crippen molar-refractivity contribution in [3.05, 3.63) is 39.6 Å². The van der Waals surface area contributed by atoms with Crippen molar-refractivity contribution in [2.45, 2.75) is 13.1 Å². The van der Waals surface area contributed by atoms with Gasteiger partial charge >= 0.3 is 0 Å². The zero-order valence-electron chi connectivity index (χ0n) is 9.51. The molecule has 0 aliphatic carbocycles. The SMILES string of the molecule is NCc1cn(CCOc2cc(Br)ccc2Cl)nn1. The van der Waals surface area contributed by atoms with E-state index in [2.05, 4.69) is 26.2 Å². The third-order valence-corrected chi connectivity index (χ3v) is 3.07. The lowest BCUT2D eigenvalue weighted by molar-refractivity contribution is 0.289. The maximum atomic E-state index is 6.01. The molecule has 0 aliphatic rings. The van der Waals surface area contributed by atoms with Crippen LogP contribution in [0.25, 0.3) is 0 Å². The zero-order valence-corrected chi connectivity index (χ0v) is 11.9. The van der Waals surface area contributed by atoms with Crippen LogP contribution in [0.15, 0.2) is 28.9 Å². The maximum absolute atomic E-state index is 6.01. The minimum absolute atomic E-state index is 0.387. The first kappa shape index (κ1) is 13.3. The van der Waals surface area contributed by atoms with Crippen molar-refractivity contribution in [3.8, 4) is 5.75 Å². The molecular formula is C11H12BrClN4O. The van der Waals surface area contributed by atoms with Gasteiger partial charge in [-0.2, -0.15) is 0 Å². The minimum Gasteiger partial charge on any atom is -0.490 e. The monoisotopic (exact) mass is 330 g/mol. The predicted octanol–water partition coefficient (Wildman–Crippen LogP) is 2.23. The highest BCUT2D eigenvalue weighted by Crippen LogP contribution is 2.27.